The number of nitrogen functional groups attached to an aromatic ring is 1. The van der Waals surface area contributed by atoms with E-state index < -0.39 is 0 Å². The van der Waals surface area contributed by atoms with Gasteiger partial charge in [-0.3, -0.25) is 9.78 Å². The first-order valence-electron chi connectivity index (χ1n) is 7.19. The fourth-order valence-electron chi connectivity index (χ4n) is 2.31. The van der Waals surface area contributed by atoms with Crippen molar-refractivity contribution in [1.82, 2.24) is 9.88 Å². The van der Waals surface area contributed by atoms with Crippen LogP contribution in [0, 0.1) is 11.8 Å². The smallest absolute Gasteiger partial charge is 0.228 e. The van der Waals surface area contributed by atoms with Gasteiger partial charge in [0.2, 0.25) is 5.91 Å². The lowest BCUT2D eigenvalue weighted by Crippen LogP contribution is -2.36. The molecule has 19 heavy (non-hydrogen) atoms. The maximum absolute atomic E-state index is 12.4. The number of amides is 1. The Morgan fingerprint density at radius 2 is 1.84 bits per heavy atom. The van der Waals surface area contributed by atoms with E-state index in [-0.39, 0.29) is 5.91 Å². The predicted molar refractivity (Wildman–Crippen MR) is 74.4 cm³/mol. The molecule has 0 aliphatic heterocycles. The van der Waals surface area contributed by atoms with Crippen LogP contribution in [0.4, 0.5) is 5.69 Å². The van der Waals surface area contributed by atoms with Gasteiger partial charge in [0.15, 0.2) is 0 Å². The minimum atomic E-state index is 0.219. The monoisotopic (exact) mass is 259 g/mol. The predicted octanol–water partition coefficient (Wildman–Crippen LogP) is 1.85. The summed E-state index contributed by atoms with van der Waals surface area (Å²) in [4.78, 5) is 18.7. The number of aromatic nitrogens is 1. The maximum atomic E-state index is 12.4. The van der Waals surface area contributed by atoms with Gasteiger partial charge in [0.25, 0.3) is 0 Å². The molecule has 1 aromatic heterocycles. The SMILES string of the molecule is Nc1ccc(CC(=O)N(CC2CC2)CC2CC2)nc1. The average molecular weight is 259 g/mol. The Kier molecular flexibility index (Phi) is 3.40. The maximum Gasteiger partial charge on any atom is 0.228 e. The number of anilines is 1. The summed E-state index contributed by atoms with van der Waals surface area (Å²) in [6.45, 7) is 1.90. The molecule has 3 rings (SSSR count). The van der Waals surface area contributed by atoms with Crippen LogP contribution in [0.15, 0.2) is 18.3 Å². The van der Waals surface area contributed by atoms with Gasteiger partial charge in [-0.15, -0.1) is 0 Å². The van der Waals surface area contributed by atoms with Gasteiger partial charge in [0.1, 0.15) is 0 Å². The van der Waals surface area contributed by atoms with Crippen molar-refractivity contribution in [1.29, 1.82) is 0 Å². The molecule has 0 spiro atoms. The van der Waals surface area contributed by atoms with Crippen LogP contribution in [0.25, 0.3) is 0 Å². The van der Waals surface area contributed by atoms with Gasteiger partial charge in [-0.2, -0.15) is 0 Å². The molecule has 0 atom stereocenters. The molecule has 2 fully saturated rings. The van der Waals surface area contributed by atoms with E-state index in [2.05, 4.69) is 9.88 Å². The molecule has 0 aromatic carbocycles. The molecule has 4 nitrogen and oxygen atoms in total. The normalized spacial score (nSPS) is 18.3. The molecule has 4 heteroatoms. The first-order chi connectivity index (χ1) is 9.20. The van der Waals surface area contributed by atoms with Crippen molar-refractivity contribution < 1.29 is 4.79 Å². The third-order valence-electron chi connectivity index (χ3n) is 3.88. The number of carbonyl (C=O) groups is 1. The summed E-state index contributed by atoms with van der Waals surface area (Å²) in [7, 11) is 0. The molecule has 2 N–H and O–H groups in total. The van der Waals surface area contributed by atoms with Crippen molar-refractivity contribution >= 4 is 11.6 Å². The van der Waals surface area contributed by atoms with Crippen LogP contribution in [0.1, 0.15) is 31.4 Å². The number of rotatable bonds is 6. The van der Waals surface area contributed by atoms with Gasteiger partial charge in [-0.1, -0.05) is 0 Å². The second-order valence-corrected chi connectivity index (χ2v) is 5.95. The number of hydrogen-bond donors (Lipinski definition) is 1. The van der Waals surface area contributed by atoms with Gasteiger partial charge >= 0.3 is 0 Å². The number of nitrogens with two attached hydrogens (primary N) is 1. The molecule has 1 aromatic rings. The van der Waals surface area contributed by atoms with Crippen molar-refractivity contribution in [2.75, 3.05) is 18.8 Å². The van der Waals surface area contributed by atoms with Crippen molar-refractivity contribution in [2.24, 2.45) is 11.8 Å². The molecular formula is C15H21N3O. The lowest BCUT2D eigenvalue weighted by atomic mass is 10.2. The Morgan fingerprint density at radius 1 is 1.21 bits per heavy atom. The largest absolute Gasteiger partial charge is 0.397 e. The summed E-state index contributed by atoms with van der Waals surface area (Å²) < 4.78 is 0. The second-order valence-electron chi connectivity index (χ2n) is 5.95. The van der Waals surface area contributed by atoms with E-state index in [4.69, 9.17) is 5.73 Å². The fraction of sp³-hybridized carbons (Fsp3) is 0.600. The van der Waals surface area contributed by atoms with Crippen LogP contribution < -0.4 is 5.73 Å². The molecule has 0 bridgehead atoms. The molecule has 0 radical (unpaired) electrons. The Morgan fingerprint density at radius 3 is 2.32 bits per heavy atom. The highest BCUT2D eigenvalue weighted by Gasteiger charge is 2.31. The summed E-state index contributed by atoms with van der Waals surface area (Å²) in [6, 6.07) is 3.65. The summed E-state index contributed by atoms with van der Waals surface area (Å²) in [5, 5.41) is 0. The first-order valence-corrected chi connectivity index (χ1v) is 7.19. The van der Waals surface area contributed by atoms with E-state index >= 15 is 0 Å². The lowest BCUT2D eigenvalue weighted by molar-refractivity contribution is -0.131. The minimum Gasteiger partial charge on any atom is -0.397 e. The Hall–Kier alpha value is -1.58. The zero-order valence-corrected chi connectivity index (χ0v) is 11.2. The summed E-state index contributed by atoms with van der Waals surface area (Å²) in [5.41, 5.74) is 7.07. The Bertz CT molecular complexity index is 435. The third kappa shape index (κ3) is 3.69. The Balaban J connectivity index is 1.59. The van der Waals surface area contributed by atoms with E-state index in [1.165, 1.54) is 25.7 Å². The summed E-state index contributed by atoms with van der Waals surface area (Å²) in [6.07, 6.45) is 7.17. The summed E-state index contributed by atoms with van der Waals surface area (Å²) in [5.74, 6) is 1.72. The highest BCUT2D eigenvalue weighted by atomic mass is 16.2. The molecular weight excluding hydrogens is 238 g/mol. The lowest BCUT2D eigenvalue weighted by Gasteiger charge is -2.22. The van der Waals surface area contributed by atoms with Gasteiger partial charge in [-0.25, -0.2) is 0 Å². The van der Waals surface area contributed by atoms with E-state index in [1.54, 1.807) is 6.20 Å². The number of pyridine rings is 1. The molecule has 2 aliphatic carbocycles. The van der Waals surface area contributed by atoms with E-state index in [1.807, 2.05) is 12.1 Å². The van der Waals surface area contributed by atoms with Crippen LogP contribution in [0.3, 0.4) is 0 Å². The second kappa shape index (κ2) is 5.19. The van der Waals surface area contributed by atoms with Crippen LogP contribution >= 0.6 is 0 Å². The molecule has 2 saturated carbocycles. The average Bonchev–Trinajstić information content (AvgIpc) is 3.26. The van der Waals surface area contributed by atoms with Crippen LogP contribution in [0.5, 0.6) is 0 Å². The van der Waals surface area contributed by atoms with Crippen LogP contribution in [-0.2, 0) is 11.2 Å². The number of hydrogen-bond acceptors (Lipinski definition) is 3. The van der Waals surface area contributed by atoms with E-state index in [0.29, 0.717) is 12.1 Å². The molecule has 2 aliphatic rings. The van der Waals surface area contributed by atoms with Crippen LogP contribution in [0.2, 0.25) is 0 Å². The third-order valence-corrected chi connectivity index (χ3v) is 3.88. The topological polar surface area (TPSA) is 59.2 Å². The summed E-state index contributed by atoms with van der Waals surface area (Å²) >= 11 is 0. The van der Waals surface area contributed by atoms with E-state index in [0.717, 1.165) is 30.6 Å². The van der Waals surface area contributed by atoms with Gasteiger partial charge < -0.3 is 10.6 Å². The van der Waals surface area contributed by atoms with Gasteiger partial charge in [0, 0.05) is 18.8 Å². The van der Waals surface area contributed by atoms with Crippen molar-refractivity contribution in [3.8, 4) is 0 Å². The van der Waals surface area contributed by atoms with Gasteiger partial charge in [-0.05, 0) is 49.7 Å². The van der Waals surface area contributed by atoms with Crippen LogP contribution in [-0.4, -0.2) is 28.9 Å². The molecule has 1 amide bonds. The van der Waals surface area contributed by atoms with Crippen molar-refractivity contribution in [2.45, 2.75) is 32.1 Å². The highest BCUT2D eigenvalue weighted by molar-refractivity contribution is 5.78. The first kappa shape index (κ1) is 12.5. The quantitative estimate of drug-likeness (QED) is 0.848. The van der Waals surface area contributed by atoms with Crippen molar-refractivity contribution in [3.05, 3.63) is 24.0 Å². The Labute approximate surface area is 114 Å². The highest BCUT2D eigenvalue weighted by Crippen LogP contribution is 2.33. The molecule has 0 unspecified atom stereocenters. The molecule has 0 saturated heterocycles. The standard InChI is InChI=1S/C15H21N3O/c16-13-5-6-14(17-8-13)7-15(19)18(9-11-1-2-11)10-12-3-4-12/h5-6,8,11-12H,1-4,7,9-10,16H2. The zero-order chi connectivity index (χ0) is 13.2. The minimum absolute atomic E-state index is 0.219. The number of nitrogens with zero attached hydrogens (tertiary/aromatic N) is 2. The van der Waals surface area contributed by atoms with Crippen molar-refractivity contribution in [3.63, 3.8) is 0 Å². The molecule has 1 heterocycles. The zero-order valence-electron chi connectivity index (χ0n) is 11.2. The fourth-order valence-corrected chi connectivity index (χ4v) is 2.31. The van der Waals surface area contributed by atoms with Gasteiger partial charge in [0.05, 0.1) is 18.3 Å². The molecule has 102 valence electrons. The van der Waals surface area contributed by atoms with E-state index in [9.17, 15) is 4.79 Å². The number of carbonyl (C=O) groups excluding carboxylic acids is 1.